The molecule has 0 saturated carbocycles. The second kappa shape index (κ2) is 11.7. The summed E-state index contributed by atoms with van der Waals surface area (Å²) in [5, 5.41) is 9.77. The Morgan fingerprint density at radius 1 is 0.560 bits per heavy atom. The fourth-order valence-corrected chi connectivity index (χ4v) is 8.02. The lowest BCUT2D eigenvalue weighted by Crippen LogP contribution is -2.07. The number of aryl methyl sites for hydroxylation is 1. The van der Waals surface area contributed by atoms with Crippen LogP contribution >= 0.6 is 0 Å². The van der Waals surface area contributed by atoms with Gasteiger partial charge in [-0.15, -0.1) is 0 Å². The van der Waals surface area contributed by atoms with Gasteiger partial charge < -0.3 is 0 Å². The minimum Gasteiger partial charge on any atom is -0.256 e. The average molecular weight is 640 g/mol. The van der Waals surface area contributed by atoms with Crippen molar-refractivity contribution < 1.29 is 0 Å². The molecule has 3 heteroatoms. The highest BCUT2D eigenvalue weighted by Gasteiger charge is 2.22. The third-order valence-electron chi connectivity index (χ3n) is 10.5. The van der Waals surface area contributed by atoms with E-state index in [1.54, 1.807) is 0 Å². The fourth-order valence-electron chi connectivity index (χ4n) is 8.02. The van der Waals surface area contributed by atoms with Crippen LogP contribution in [0, 0.1) is 0 Å². The lowest BCUT2D eigenvalue weighted by molar-refractivity contribution is 0.777. The molecule has 0 spiro atoms. The number of rotatable bonds is 4. The van der Waals surface area contributed by atoms with Gasteiger partial charge in [-0.05, 0) is 97.9 Å². The molecule has 236 valence electrons. The summed E-state index contributed by atoms with van der Waals surface area (Å²) in [6.45, 7) is 0. The number of allylic oxidation sites excluding steroid dienone is 5. The molecule has 2 aliphatic rings. The van der Waals surface area contributed by atoms with Crippen LogP contribution in [0.15, 0.2) is 152 Å². The Labute approximate surface area is 291 Å². The molecule has 6 aromatic carbocycles. The Bertz CT molecular complexity index is 2740. The highest BCUT2D eigenvalue weighted by atomic mass is 14.9. The molecule has 8 aromatic rings. The third kappa shape index (κ3) is 4.77. The largest absolute Gasteiger partial charge is 0.256 e. The molecule has 2 aromatic heterocycles. The zero-order valence-corrected chi connectivity index (χ0v) is 27.6. The topological polar surface area (TPSA) is 38.7 Å². The summed E-state index contributed by atoms with van der Waals surface area (Å²) in [5.74, 6) is 0.875. The Morgan fingerprint density at radius 2 is 1.22 bits per heavy atom. The number of benzene rings is 6. The molecule has 1 atom stereocenters. The van der Waals surface area contributed by atoms with Gasteiger partial charge in [-0.3, -0.25) is 4.98 Å². The summed E-state index contributed by atoms with van der Waals surface area (Å²) in [7, 11) is 0. The summed E-state index contributed by atoms with van der Waals surface area (Å²) in [4.78, 5) is 15.6. The number of hydrogen-bond donors (Lipinski definition) is 0. The summed E-state index contributed by atoms with van der Waals surface area (Å²) in [5.41, 5.74) is 9.09. The van der Waals surface area contributed by atoms with Crippen molar-refractivity contribution >= 4 is 54.7 Å². The number of fused-ring (bicyclic) bond motifs is 7. The first-order valence-electron chi connectivity index (χ1n) is 17.5. The second-order valence-electron chi connectivity index (χ2n) is 13.4. The predicted molar refractivity (Wildman–Crippen MR) is 209 cm³/mol. The monoisotopic (exact) mass is 639 g/mol. The van der Waals surface area contributed by atoms with Gasteiger partial charge >= 0.3 is 0 Å². The first kappa shape index (κ1) is 28.8. The average Bonchev–Trinajstić information content (AvgIpc) is 3.20. The van der Waals surface area contributed by atoms with Gasteiger partial charge in [0.2, 0.25) is 0 Å². The van der Waals surface area contributed by atoms with Gasteiger partial charge in [-0.1, -0.05) is 127 Å². The van der Waals surface area contributed by atoms with E-state index in [0.29, 0.717) is 0 Å². The molecular formula is C47H33N3. The van der Waals surface area contributed by atoms with Crippen LogP contribution in [-0.4, -0.2) is 15.0 Å². The van der Waals surface area contributed by atoms with Gasteiger partial charge in [0.05, 0.1) is 17.1 Å². The molecule has 0 bridgehead atoms. The van der Waals surface area contributed by atoms with Gasteiger partial charge in [0.25, 0.3) is 0 Å². The highest BCUT2D eigenvalue weighted by Crippen LogP contribution is 2.40. The molecule has 0 fully saturated rings. The van der Waals surface area contributed by atoms with Crippen molar-refractivity contribution in [3.63, 3.8) is 0 Å². The molecule has 3 nitrogen and oxygen atoms in total. The van der Waals surface area contributed by atoms with Crippen molar-refractivity contribution in [1.82, 2.24) is 15.0 Å². The minimum absolute atomic E-state index is 0.0333. The first-order valence-corrected chi connectivity index (χ1v) is 17.5. The summed E-state index contributed by atoms with van der Waals surface area (Å²) in [6, 6.07) is 43.6. The van der Waals surface area contributed by atoms with Crippen LogP contribution in [0.1, 0.15) is 41.4 Å². The third-order valence-corrected chi connectivity index (χ3v) is 10.5. The van der Waals surface area contributed by atoms with Crippen LogP contribution in [0.5, 0.6) is 0 Å². The number of hydrogen-bond acceptors (Lipinski definition) is 3. The van der Waals surface area contributed by atoms with Crippen LogP contribution in [0.2, 0.25) is 0 Å². The molecule has 0 amide bonds. The molecule has 1 unspecified atom stereocenters. The lowest BCUT2D eigenvalue weighted by atomic mass is 9.88. The van der Waals surface area contributed by atoms with E-state index in [4.69, 9.17) is 15.0 Å². The van der Waals surface area contributed by atoms with Crippen molar-refractivity contribution in [1.29, 1.82) is 0 Å². The maximum Gasteiger partial charge on any atom is 0.136 e. The van der Waals surface area contributed by atoms with Gasteiger partial charge in [0.1, 0.15) is 5.82 Å². The fraction of sp³-hybridized carbons (Fsp3) is 0.0851. The zero-order valence-electron chi connectivity index (χ0n) is 27.6. The van der Waals surface area contributed by atoms with E-state index in [-0.39, 0.29) is 5.92 Å². The van der Waals surface area contributed by atoms with Crippen LogP contribution in [0.3, 0.4) is 0 Å². The maximum absolute atomic E-state index is 5.42. The number of pyridine rings is 1. The van der Waals surface area contributed by atoms with Gasteiger partial charge in [0, 0.05) is 28.6 Å². The van der Waals surface area contributed by atoms with Crippen molar-refractivity contribution in [2.24, 2.45) is 0 Å². The summed E-state index contributed by atoms with van der Waals surface area (Å²) >= 11 is 0. The van der Waals surface area contributed by atoms with E-state index >= 15 is 0 Å². The predicted octanol–water partition coefficient (Wildman–Crippen LogP) is 11.9. The molecule has 50 heavy (non-hydrogen) atoms. The summed E-state index contributed by atoms with van der Waals surface area (Å²) < 4.78 is 0. The molecule has 2 aliphatic carbocycles. The Kier molecular flexibility index (Phi) is 6.76. The number of aromatic nitrogens is 3. The van der Waals surface area contributed by atoms with Crippen molar-refractivity contribution in [3.8, 4) is 22.5 Å². The van der Waals surface area contributed by atoms with E-state index in [1.807, 2.05) is 6.20 Å². The molecule has 10 rings (SSSR count). The molecular weight excluding hydrogens is 607 g/mol. The summed E-state index contributed by atoms with van der Waals surface area (Å²) in [6.07, 6.45) is 16.2. The highest BCUT2D eigenvalue weighted by molar-refractivity contribution is 6.13. The molecule has 0 N–H and O–H groups in total. The van der Waals surface area contributed by atoms with Crippen LogP contribution in [0.25, 0.3) is 77.3 Å². The second-order valence-corrected chi connectivity index (χ2v) is 13.4. The Morgan fingerprint density at radius 3 is 2.00 bits per heavy atom. The quantitative estimate of drug-likeness (QED) is 0.180. The van der Waals surface area contributed by atoms with Crippen molar-refractivity contribution in [2.75, 3.05) is 0 Å². The van der Waals surface area contributed by atoms with Crippen molar-refractivity contribution in [3.05, 3.63) is 174 Å². The molecule has 0 aliphatic heterocycles. The smallest absolute Gasteiger partial charge is 0.136 e. The molecule has 0 saturated heterocycles. The SMILES string of the molecule is C1=Cc2c(cc(-c3cc(-c4cc5ccccc5c5ccccc45)nc(C4C=CC(c5nccc6ccccc56)=CC4)n3)c3ccccc23)CC1. The van der Waals surface area contributed by atoms with Crippen molar-refractivity contribution in [2.45, 2.75) is 25.2 Å². The van der Waals surface area contributed by atoms with Gasteiger partial charge in [0.15, 0.2) is 0 Å². The minimum atomic E-state index is 0.0333. The zero-order chi connectivity index (χ0) is 33.0. The number of nitrogens with zero attached hydrogens (tertiary/aromatic N) is 3. The van der Waals surface area contributed by atoms with E-state index in [9.17, 15) is 0 Å². The van der Waals surface area contributed by atoms with Gasteiger partial charge in [-0.2, -0.15) is 0 Å². The maximum atomic E-state index is 5.42. The van der Waals surface area contributed by atoms with Crippen LogP contribution in [0.4, 0.5) is 0 Å². The van der Waals surface area contributed by atoms with Crippen LogP contribution < -0.4 is 0 Å². The first-order chi connectivity index (χ1) is 24.8. The Hall–Kier alpha value is -6.19. The Balaban J connectivity index is 1.17. The normalized spacial score (nSPS) is 15.5. The molecule has 2 heterocycles. The van der Waals surface area contributed by atoms with Gasteiger partial charge in [-0.25, -0.2) is 9.97 Å². The standard InChI is InChI=1S/C47H33N3/c1-6-16-37-30(11-1)25-26-48-46(37)31-21-23-32(24-22-31)47-49-44(42-27-33-12-2-4-14-35(33)38-17-7-9-19-40(38)42)29-45(50-47)43-28-34-13-3-5-15-36(34)39-18-8-10-20-41(39)43/h1-2,4-12,14-23,25-29,32H,3,13,24H2. The van der Waals surface area contributed by atoms with E-state index in [0.717, 1.165) is 53.3 Å². The lowest BCUT2D eigenvalue weighted by Gasteiger charge is -2.20. The molecule has 0 radical (unpaired) electrons. The van der Waals surface area contributed by atoms with Crippen LogP contribution in [-0.2, 0) is 6.42 Å². The van der Waals surface area contributed by atoms with E-state index in [1.165, 1.54) is 59.8 Å². The van der Waals surface area contributed by atoms with E-state index < -0.39 is 0 Å². The van der Waals surface area contributed by atoms with E-state index in [2.05, 4.69) is 152 Å².